The van der Waals surface area contributed by atoms with Crippen LogP contribution in [0.2, 0.25) is 10.0 Å². The summed E-state index contributed by atoms with van der Waals surface area (Å²) >= 11 is 12.1. The van der Waals surface area contributed by atoms with Crippen molar-refractivity contribution in [1.82, 2.24) is 4.72 Å². The molecule has 0 saturated heterocycles. The Morgan fingerprint density at radius 1 is 1.11 bits per heavy atom. The van der Waals surface area contributed by atoms with Gasteiger partial charge < -0.3 is 14.8 Å². The Labute approximate surface area is 174 Å². The lowest BCUT2D eigenvalue weighted by Gasteiger charge is -2.15. The highest BCUT2D eigenvalue weighted by Crippen LogP contribution is 2.28. The summed E-state index contributed by atoms with van der Waals surface area (Å²) in [6.45, 7) is 3.61. The maximum atomic E-state index is 12.5. The minimum Gasteiger partial charge on any atom is -0.495 e. The SMILES string of the molecule is CCOc1ccc(S(=O)(=O)N[C@@H](C)C(=O)Nc2ccc(OC)c(Cl)c2)cc1Cl. The first-order chi connectivity index (χ1) is 13.2. The second-order valence-corrected chi connectivity index (χ2v) is 8.24. The van der Waals surface area contributed by atoms with Crippen LogP contribution in [-0.4, -0.2) is 34.1 Å². The molecule has 2 rings (SSSR count). The number of carbonyl (C=O) groups is 1. The predicted octanol–water partition coefficient (Wildman–Crippen LogP) is 3.71. The molecule has 152 valence electrons. The summed E-state index contributed by atoms with van der Waals surface area (Å²) in [6.07, 6.45) is 0. The van der Waals surface area contributed by atoms with Crippen molar-refractivity contribution in [1.29, 1.82) is 0 Å². The first-order valence-corrected chi connectivity index (χ1v) is 10.5. The molecule has 0 saturated carbocycles. The van der Waals surface area contributed by atoms with Gasteiger partial charge in [0.15, 0.2) is 0 Å². The minimum atomic E-state index is -3.97. The van der Waals surface area contributed by atoms with E-state index in [1.165, 1.54) is 38.3 Å². The van der Waals surface area contributed by atoms with Gasteiger partial charge in [-0.05, 0) is 50.2 Å². The molecule has 0 aliphatic carbocycles. The smallest absolute Gasteiger partial charge is 0.242 e. The molecule has 0 aliphatic rings. The second-order valence-electron chi connectivity index (χ2n) is 5.71. The first-order valence-electron chi connectivity index (χ1n) is 8.27. The van der Waals surface area contributed by atoms with E-state index in [0.717, 1.165) is 0 Å². The zero-order valence-electron chi connectivity index (χ0n) is 15.5. The molecule has 10 heteroatoms. The van der Waals surface area contributed by atoms with Gasteiger partial charge in [0.2, 0.25) is 15.9 Å². The lowest BCUT2D eigenvalue weighted by Crippen LogP contribution is -2.41. The zero-order valence-corrected chi connectivity index (χ0v) is 17.8. The van der Waals surface area contributed by atoms with Crippen LogP contribution in [0.15, 0.2) is 41.3 Å². The van der Waals surface area contributed by atoms with Crippen LogP contribution in [0, 0.1) is 0 Å². The van der Waals surface area contributed by atoms with Crippen LogP contribution in [0.5, 0.6) is 11.5 Å². The van der Waals surface area contributed by atoms with Crippen LogP contribution in [-0.2, 0) is 14.8 Å². The van der Waals surface area contributed by atoms with E-state index in [4.69, 9.17) is 32.7 Å². The van der Waals surface area contributed by atoms with Crippen LogP contribution in [0.4, 0.5) is 5.69 Å². The number of hydrogen-bond acceptors (Lipinski definition) is 5. The van der Waals surface area contributed by atoms with Gasteiger partial charge in [-0.3, -0.25) is 4.79 Å². The Balaban J connectivity index is 2.09. The Kier molecular flexibility index (Phi) is 7.54. The Morgan fingerprint density at radius 2 is 1.75 bits per heavy atom. The molecule has 0 bridgehead atoms. The normalized spacial score (nSPS) is 12.3. The molecule has 7 nitrogen and oxygen atoms in total. The number of sulfonamides is 1. The van der Waals surface area contributed by atoms with Crippen molar-refractivity contribution >= 4 is 44.8 Å². The van der Waals surface area contributed by atoms with Crippen LogP contribution in [0.3, 0.4) is 0 Å². The topological polar surface area (TPSA) is 93.7 Å². The van der Waals surface area contributed by atoms with Crippen molar-refractivity contribution in [2.45, 2.75) is 24.8 Å². The number of carbonyl (C=O) groups excluding carboxylic acids is 1. The van der Waals surface area contributed by atoms with E-state index in [-0.39, 0.29) is 9.92 Å². The van der Waals surface area contributed by atoms with Gasteiger partial charge in [-0.2, -0.15) is 4.72 Å². The molecule has 0 unspecified atom stereocenters. The molecular weight excluding hydrogens is 427 g/mol. The predicted molar refractivity (Wildman–Crippen MR) is 109 cm³/mol. The average Bonchev–Trinajstić information content (AvgIpc) is 2.63. The lowest BCUT2D eigenvalue weighted by molar-refractivity contribution is -0.117. The van der Waals surface area contributed by atoms with Gasteiger partial charge in [0.05, 0.1) is 34.7 Å². The lowest BCUT2D eigenvalue weighted by atomic mass is 10.2. The van der Waals surface area contributed by atoms with Crippen molar-refractivity contribution in [2.24, 2.45) is 0 Å². The van der Waals surface area contributed by atoms with Gasteiger partial charge in [0, 0.05) is 5.69 Å². The number of nitrogens with one attached hydrogen (secondary N) is 2. The summed E-state index contributed by atoms with van der Waals surface area (Å²) in [5, 5.41) is 3.07. The van der Waals surface area contributed by atoms with Crippen molar-refractivity contribution < 1.29 is 22.7 Å². The maximum absolute atomic E-state index is 12.5. The number of rotatable bonds is 8. The summed E-state index contributed by atoms with van der Waals surface area (Å²) in [5.74, 6) is 0.285. The number of anilines is 1. The Morgan fingerprint density at radius 3 is 2.32 bits per heavy atom. The largest absolute Gasteiger partial charge is 0.495 e. The highest BCUT2D eigenvalue weighted by molar-refractivity contribution is 7.89. The summed E-state index contributed by atoms with van der Waals surface area (Å²) in [4.78, 5) is 12.3. The maximum Gasteiger partial charge on any atom is 0.242 e. The highest BCUT2D eigenvalue weighted by Gasteiger charge is 2.23. The summed E-state index contributed by atoms with van der Waals surface area (Å²) in [6, 6.07) is 7.73. The van der Waals surface area contributed by atoms with Gasteiger partial charge >= 0.3 is 0 Å². The molecule has 2 aromatic carbocycles. The third-order valence-corrected chi connectivity index (χ3v) is 5.79. The van der Waals surface area contributed by atoms with Crippen LogP contribution < -0.4 is 19.5 Å². The molecule has 0 aromatic heterocycles. The van der Waals surface area contributed by atoms with Crippen LogP contribution in [0.1, 0.15) is 13.8 Å². The highest BCUT2D eigenvalue weighted by atomic mass is 35.5. The van der Waals surface area contributed by atoms with Crippen molar-refractivity contribution in [3.8, 4) is 11.5 Å². The minimum absolute atomic E-state index is 0.0758. The summed E-state index contributed by atoms with van der Waals surface area (Å²) in [5.41, 5.74) is 0.408. The summed E-state index contributed by atoms with van der Waals surface area (Å²) < 4.78 is 37.7. The van der Waals surface area contributed by atoms with E-state index in [2.05, 4.69) is 10.0 Å². The molecule has 0 radical (unpaired) electrons. The Bertz CT molecular complexity index is 966. The fraction of sp³-hybridized carbons (Fsp3) is 0.278. The first kappa shape index (κ1) is 22.3. The van der Waals surface area contributed by atoms with Gasteiger partial charge in [-0.25, -0.2) is 8.42 Å². The van der Waals surface area contributed by atoms with Crippen molar-refractivity contribution in [3.63, 3.8) is 0 Å². The number of methoxy groups -OCH3 is 1. The fourth-order valence-electron chi connectivity index (χ4n) is 2.27. The molecule has 2 aromatic rings. The number of benzene rings is 2. The van der Waals surface area contributed by atoms with Gasteiger partial charge in [0.1, 0.15) is 11.5 Å². The van der Waals surface area contributed by atoms with E-state index in [1.807, 2.05) is 0 Å². The van der Waals surface area contributed by atoms with E-state index in [0.29, 0.717) is 28.8 Å². The molecule has 28 heavy (non-hydrogen) atoms. The summed E-state index contributed by atoms with van der Waals surface area (Å²) in [7, 11) is -2.49. The van der Waals surface area contributed by atoms with E-state index in [9.17, 15) is 13.2 Å². The molecule has 0 fully saturated rings. The number of halogens is 2. The van der Waals surface area contributed by atoms with Crippen molar-refractivity contribution in [3.05, 3.63) is 46.4 Å². The monoisotopic (exact) mass is 446 g/mol. The van der Waals surface area contributed by atoms with E-state index >= 15 is 0 Å². The van der Waals surface area contributed by atoms with Crippen molar-refractivity contribution in [2.75, 3.05) is 19.0 Å². The average molecular weight is 447 g/mol. The van der Waals surface area contributed by atoms with Crippen LogP contribution in [0.25, 0.3) is 0 Å². The third kappa shape index (κ3) is 5.51. The van der Waals surface area contributed by atoms with E-state index in [1.54, 1.807) is 19.1 Å². The van der Waals surface area contributed by atoms with Gasteiger partial charge in [-0.15, -0.1) is 0 Å². The molecule has 2 N–H and O–H groups in total. The van der Waals surface area contributed by atoms with Gasteiger partial charge in [0.25, 0.3) is 0 Å². The van der Waals surface area contributed by atoms with E-state index < -0.39 is 22.0 Å². The quantitative estimate of drug-likeness (QED) is 0.644. The Hall–Kier alpha value is -2.00. The molecule has 0 spiro atoms. The number of amides is 1. The zero-order chi connectivity index (χ0) is 20.9. The van der Waals surface area contributed by atoms with Gasteiger partial charge in [-0.1, -0.05) is 23.2 Å². The number of ether oxygens (including phenoxy) is 2. The molecular formula is C18H20Cl2N2O5S. The van der Waals surface area contributed by atoms with Crippen LogP contribution >= 0.6 is 23.2 Å². The third-order valence-electron chi connectivity index (χ3n) is 3.66. The molecule has 1 atom stereocenters. The fourth-order valence-corrected chi connectivity index (χ4v) is 4.06. The standard InChI is InChI=1S/C18H20Cl2N2O5S/c1-4-27-17-8-6-13(10-15(17)20)28(24,25)22-11(2)18(23)21-12-5-7-16(26-3)14(19)9-12/h5-11,22H,4H2,1-3H3,(H,21,23)/t11-/m0/s1. The number of hydrogen-bond donors (Lipinski definition) is 2. The molecule has 0 aliphatic heterocycles. The molecule has 1 amide bonds. The second kappa shape index (κ2) is 9.47. The molecule has 0 heterocycles.